The molecule has 0 radical (unpaired) electrons. The van der Waals surface area contributed by atoms with Crippen LogP contribution in [0.5, 0.6) is 0 Å². The van der Waals surface area contributed by atoms with Gasteiger partial charge in [-0.2, -0.15) is 4.98 Å². The van der Waals surface area contributed by atoms with Crippen molar-refractivity contribution in [3.05, 3.63) is 20.8 Å². The van der Waals surface area contributed by atoms with E-state index in [4.69, 9.17) is 10.5 Å². The molecule has 0 unspecified atom stereocenters. The molecule has 2 aromatic rings. The summed E-state index contributed by atoms with van der Waals surface area (Å²) in [5.41, 5.74) is 3.86. The van der Waals surface area contributed by atoms with E-state index in [1.54, 1.807) is 0 Å². The molecular weight excluding hydrogens is 378 g/mol. The molecule has 4 atom stereocenters. The standard InChI is InChI=1S/C15H21N5O8/c1-27-7(22)3-2-4-19-8-11(17-14(16)18-12(8)25)20(15(19)26)13-10(24)9(23)6(5-21)28-13/h6,9-10,13,21,23-24H,2-5H2,1H3,(H3,16,17,18,25)/t6-,9+,10-,13-/m1/s1. The SMILES string of the molecule is COC(=O)CCCn1c(=O)n([C@@H]2O[C@H](CO)[C@H](O)[C@H]2O)c2nc(N)[nH]c(=O)c21. The average molecular weight is 399 g/mol. The second-order valence-electron chi connectivity index (χ2n) is 6.34. The largest absolute Gasteiger partial charge is 0.469 e. The van der Waals surface area contributed by atoms with E-state index >= 15 is 0 Å². The second-order valence-corrected chi connectivity index (χ2v) is 6.34. The molecule has 13 nitrogen and oxygen atoms in total. The fraction of sp³-hybridized carbons (Fsp3) is 0.600. The number of ether oxygens (including phenoxy) is 2. The highest BCUT2D eigenvalue weighted by atomic mass is 16.6. The van der Waals surface area contributed by atoms with Crippen molar-refractivity contribution in [1.29, 1.82) is 0 Å². The van der Waals surface area contributed by atoms with E-state index in [1.165, 1.54) is 7.11 Å². The molecule has 1 aliphatic heterocycles. The van der Waals surface area contributed by atoms with Gasteiger partial charge in [-0.3, -0.25) is 19.1 Å². The molecule has 1 aliphatic rings. The van der Waals surface area contributed by atoms with Gasteiger partial charge in [-0.1, -0.05) is 0 Å². The van der Waals surface area contributed by atoms with Crippen LogP contribution in [0.25, 0.3) is 11.2 Å². The fourth-order valence-corrected chi connectivity index (χ4v) is 3.21. The Balaban J connectivity index is 2.10. The molecule has 1 fully saturated rings. The number of nitrogen functional groups attached to an aromatic ring is 1. The van der Waals surface area contributed by atoms with E-state index in [-0.39, 0.29) is 36.5 Å². The number of methoxy groups -OCH3 is 1. The summed E-state index contributed by atoms with van der Waals surface area (Å²) in [5, 5.41) is 29.5. The van der Waals surface area contributed by atoms with Crippen molar-refractivity contribution >= 4 is 23.1 Å². The summed E-state index contributed by atoms with van der Waals surface area (Å²) in [6.07, 6.45) is -5.29. The summed E-state index contributed by atoms with van der Waals surface area (Å²) < 4.78 is 11.9. The Morgan fingerprint density at radius 3 is 2.68 bits per heavy atom. The first-order valence-electron chi connectivity index (χ1n) is 8.50. The predicted octanol–water partition coefficient (Wildman–Crippen LogP) is -2.97. The molecule has 6 N–H and O–H groups in total. The lowest BCUT2D eigenvalue weighted by molar-refractivity contribution is -0.140. The van der Waals surface area contributed by atoms with Crippen LogP contribution in [0.3, 0.4) is 0 Å². The van der Waals surface area contributed by atoms with Gasteiger partial charge < -0.3 is 30.5 Å². The number of aromatic amines is 1. The Bertz CT molecular complexity index is 995. The maximum absolute atomic E-state index is 13.0. The number of aryl methyl sites for hydroxylation is 1. The normalized spacial score (nSPS) is 24.7. The highest BCUT2D eigenvalue weighted by molar-refractivity contribution is 5.72. The molecule has 0 aromatic carbocycles. The van der Waals surface area contributed by atoms with Crippen LogP contribution in [0.1, 0.15) is 19.1 Å². The molecule has 0 amide bonds. The molecule has 28 heavy (non-hydrogen) atoms. The number of carbonyl (C=O) groups excluding carboxylic acids is 1. The van der Waals surface area contributed by atoms with Gasteiger partial charge in [0.1, 0.15) is 18.3 Å². The lowest BCUT2D eigenvalue weighted by Crippen LogP contribution is -2.36. The van der Waals surface area contributed by atoms with Crippen LogP contribution in [0, 0.1) is 0 Å². The molecule has 154 valence electrons. The highest BCUT2D eigenvalue weighted by Gasteiger charge is 2.45. The van der Waals surface area contributed by atoms with Crippen molar-refractivity contribution in [2.24, 2.45) is 0 Å². The number of hydrogen-bond donors (Lipinski definition) is 5. The summed E-state index contributed by atoms with van der Waals surface area (Å²) in [6.45, 7) is -0.599. The molecule has 3 rings (SSSR count). The van der Waals surface area contributed by atoms with Crippen LogP contribution in [-0.4, -0.2) is 72.4 Å². The maximum Gasteiger partial charge on any atom is 0.332 e. The Labute approximate surface area is 156 Å². The van der Waals surface area contributed by atoms with Crippen molar-refractivity contribution in [2.75, 3.05) is 19.5 Å². The van der Waals surface area contributed by atoms with E-state index in [9.17, 15) is 29.7 Å². The summed E-state index contributed by atoms with van der Waals surface area (Å²) in [7, 11) is 1.24. The molecule has 0 bridgehead atoms. The van der Waals surface area contributed by atoms with Gasteiger partial charge in [0.05, 0.1) is 13.7 Å². The van der Waals surface area contributed by atoms with Crippen molar-refractivity contribution in [1.82, 2.24) is 19.1 Å². The van der Waals surface area contributed by atoms with E-state index < -0.39 is 48.4 Å². The smallest absolute Gasteiger partial charge is 0.332 e. The van der Waals surface area contributed by atoms with Crippen LogP contribution in [0.2, 0.25) is 0 Å². The zero-order chi connectivity index (χ0) is 20.6. The monoisotopic (exact) mass is 399 g/mol. The predicted molar refractivity (Wildman–Crippen MR) is 93.3 cm³/mol. The minimum Gasteiger partial charge on any atom is -0.469 e. The van der Waals surface area contributed by atoms with E-state index in [0.29, 0.717) is 0 Å². The molecule has 2 aromatic heterocycles. The van der Waals surface area contributed by atoms with Crippen LogP contribution < -0.4 is 17.0 Å². The lowest BCUT2D eigenvalue weighted by Gasteiger charge is -2.15. The zero-order valence-electron chi connectivity index (χ0n) is 14.9. The van der Waals surface area contributed by atoms with Crippen LogP contribution >= 0.6 is 0 Å². The molecule has 13 heteroatoms. The highest BCUT2D eigenvalue weighted by Crippen LogP contribution is 2.30. The topological polar surface area (TPSA) is 195 Å². The number of fused-ring (bicyclic) bond motifs is 1. The van der Waals surface area contributed by atoms with Gasteiger partial charge in [-0.25, -0.2) is 9.36 Å². The number of aliphatic hydroxyl groups excluding tert-OH is 3. The number of aliphatic hydroxyl groups is 3. The quantitative estimate of drug-likeness (QED) is 0.313. The number of nitrogens with one attached hydrogen (secondary N) is 1. The maximum atomic E-state index is 13.0. The van der Waals surface area contributed by atoms with Crippen molar-refractivity contribution in [3.8, 4) is 0 Å². The number of imidazole rings is 1. The minimum absolute atomic E-state index is 0.0130. The van der Waals surface area contributed by atoms with Crippen LogP contribution in [0.4, 0.5) is 5.95 Å². The number of esters is 1. The molecule has 3 heterocycles. The third-order valence-corrected chi connectivity index (χ3v) is 4.59. The number of H-pyrrole nitrogens is 1. The zero-order valence-corrected chi connectivity index (χ0v) is 14.9. The van der Waals surface area contributed by atoms with Gasteiger partial charge in [0.2, 0.25) is 5.95 Å². The van der Waals surface area contributed by atoms with E-state index in [2.05, 4.69) is 14.7 Å². The van der Waals surface area contributed by atoms with E-state index in [0.717, 1.165) is 9.13 Å². The number of carbonyl (C=O) groups is 1. The Hall–Kier alpha value is -2.74. The molecule has 1 saturated heterocycles. The number of rotatable bonds is 6. The third kappa shape index (κ3) is 3.28. The Morgan fingerprint density at radius 1 is 1.36 bits per heavy atom. The lowest BCUT2D eigenvalue weighted by atomic mass is 10.1. The van der Waals surface area contributed by atoms with Gasteiger partial charge in [-0.15, -0.1) is 0 Å². The van der Waals surface area contributed by atoms with Gasteiger partial charge in [0.15, 0.2) is 17.4 Å². The first-order chi connectivity index (χ1) is 13.3. The third-order valence-electron chi connectivity index (χ3n) is 4.59. The number of aromatic nitrogens is 4. The van der Waals surface area contributed by atoms with Gasteiger partial charge >= 0.3 is 11.7 Å². The van der Waals surface area contributed by atoms with Crippen LogP contribution in [-0.2, 0) is 20.8 Å². The number of anilines is 1. The first kappa shape index (κ1) is 20.0. The summed E-state index contributed by atoms with van der Waals surface area (Å²) >= 11 is 0. The summed E-state index contributed by atoms with van der Waals surface area (Å²) in [4.78, 5) is 42.9. The van der Waals surface area contributed by atoms with Crippen molar-refractivity contribution in [2.45, 2.75) is 43.9 Å². The molecule has 0 spiro atoms. The first-order valence-corrected chi connectivity index (χ1v) is 8.50. The summed E-state index contributed by atoms with van der Waals surface area (Å²) in [5.74, 6) is -0.735. The second kappa shape index (κ2) is 7.71. The Kier molecular flexibility index (Phi) is 5.51. The molecular formula is C15H21N5O8. The minimum atomic E-state index is -1.55. The number of nitrogens with two attached hydrogens (primary N) is 1. The summed E-state index contributed by atoms with van der Waals surface area (Å²) in [6, 6.07) is 0. The molecule has 0 aliphatic carbocycles. The van der Waals surface area contributed by atoms with E-state index in [1.807, 2.05) is 0 Å². The fourth-order valence-electron chi connectivity index (χ4n) is 3.21. The number of hydrogen-bond acceptors (Lipinski definition) is 10. The van der Waals surface area contributed by atoms with Gasteiger partial charge in [0, 0.05) is 13.0 Å². The van der Waals surface area contributed by atoms with Crippen LogP contribution in [0.15, 0.2) is 9.59 Å². The van der Waals surface area contributed by atoms with Crippen molar-refractivity contribution in [3.63, 3.8) is 0 Å². The number of nitrogens with zero attached hydrogens (tertiary/aromatic N) is 3. The van der Waals surface area contributed by atoms with Crippen molar-refractivity contribution < 1.29 is 29.6 Å². The van der Waals surface area contributed by atoms with Gasteiger partial charge in [-0.05, 0) is 6.42 Å². The Morgan fingerprint density at radius 2 is 2.07 bits per heavy atom. The average Bonchev–Trinajstić information content (AvgIpc) is 3.09. The van der Waals surface area contributed by atoms with Gasteiger partial charge in [0.25, 0.3) is 5.56 Å². The molecule has 0 saturated carbocycles.